The number of rotatable bonds is 7. The molecule has 1 saturated heterocycles. The fourth-order valence-electron chi connectivity index (χ4n) is 3.09. The van der Waals surface area contributed by atoms with Crippen molar-refractivity contribution in [2.45, 2.75) is 57.9 Å². The van der Waals surface area contributed by atoms with Crippen LogP contribution in [0.3, 0.4) is 0 Å². The molecule has 1 heterocycles. The summed E-state index contributed by atoms with van der Waals surface area (Å²) in [6, 6.07) is 5.02. The van der Waals surface area contributed by atoms with E-state index >= 15 is 0 Å². The van der Waals surface area contributed by atoms with Crippen LogP contribution in [0.4, 0.5) is 0 Å². The number of piperidine rings is 1. The molecule has 7 heteroatoms. The first-order valence-corrected chi connectivity index (χ1v) is 10.8. The number of aryl methyl sites for hydroxylation is 1. The summed E-state index contributed by atoms with van der Waals surface area (Å²) >= 11 is 0. The molecule has 2 rings (SSSR count). The maximum absolute atomic E-state index is 13.0. The molecule has 1 fully saturated rings. The van der Waals surface area contributed by atoms with Gasteiger partial charge in [-0.1, -0.05) is 6.92 Å². The smallest absolute Gasteiger partial charge is 0.243 e. The van der Waals surface area contributed by atoms with Crippen molar-refractivity contribution in [1.29, 1.82) is 0 Å². The van der Waals surface area contributed by atoms with E-state index in [1.807, 2.05) is 27.7 Å². The standard InChI is InChI=1S/C19H30N2O4S/c1-5-15(4)20-19(22)16-8-7-11-21(13-16)26(23,24)17-9-10-18(25-6-2)14(3)12-17/h9-10,12,15-16H,5-8,11,13H2,1-4H3,(H,20,22)/t15-,16+/m1/s1. The van der Waals surface area contributed by atoms with Crippen LogP contribution >= 0.6 is 0 Å². The minimum Gasteiger partial charge on any atom is -0.494 e. The van der Waals surface area contributed by atoms with Crippen molar-refractivity contribution < 1.29 is 17.9 Å². The molecule has 26 heavy (non-hydrogen) atoms. The molecular weight excluding hydrogens is 352 g/mol. The largest absolute Gasteiger partial charge is 0.494 e. The molecule has 1 amide bonds. The van der Waals surface area contributed by atoms with Gasteiger partial charge >= 0.3 is 0 Å². The van der Waals surface area contributed by atoms with Crippen LogP contribution in [0.5, 0.6) is 5.75 Å². The van der Waals surface area contributed by atoms with Gasteiger partial charge in [0.15, 0.2) is 0 Å². The average molecular weight is 383 g/mol. The zero-order valence-corrected chi connectivity index (χ0v) is 16.9. The van der Waals surface area contributed by atoms with E-state index in [4.69, 9.17) is 4.74 Å². The molecule has 1 aromatic carbocycles. The van der Waals surface area contributed by atoms with Gasteiger partial charge in [-0.2, -0.15) is 4.31 Å². The number of hydrogen-bond acceptors (Lipinski definition) is 4. The molecule has 0 bridgehead atoms. The fraction of sp³-hybridized carbons (Fsp3) is 0.632. The maximum atomic E-state index is 13.0. The highest BCUT2D eigenvalue weighted by molar-refractivity contribution is 7.89. The van der Waals surface area contributed by atoms with Crippen molar-refractivity contribution >= 4 is 15.9 Å². The summed E-state index contributed by atoms with van der Waals surface area (Å²) in [7, 11) is -3.62. The lowest BCUT2D eigenvalue weighted by Gasteiger charge is -2.32. The van der Waals surface area contributed by atoms with Gasteiger partial charge in [0.05, 0.1) is 17.4 Å². The van der Waals surface area contributed by atoms with E-state index in [2.05, 4.69) is 5.32 Å². The molecular formula is C19H30N2O4S. The van der Waals surface area contributed by atoms with Crippen molar-refractivity contribution in [2.75, 3.05) is 19.7 Å². The summed E-state index contributed by atoms with van der Waals surface area (Å²) in [6.45, 7) is 8.91. The minimum absolute atomic E-state index is 0.0536. The molecule has 6 nitrogen and oxygen atoms in total. The Balaban J connectivity index is 2.15. The summed E-state index contributed by atoms with van der Waals surface area (Å²) in [5.74, 6) is 0.342. The second kappa shape index (κ2) is 8.86. The Hall–Kier alpha value is -1.60. The summed E-state index contributed by atoms with van der Waals surface area (Å²) in [5.41, 5.74) is 0.788. The van der Waals surface area contributed by atoms with Crippen molar-refractivity contribution in [2.24, 2.45) is 5.92 Å². The van der Waals surface area contributed by atoms with E-state index in [1.54, 1.807) is 18.2 Å². The first-order chi connectivity index (χ1) is 12.3. The molecule has 2 atom stereocenters. The third-order valence-corrected chi connectivity index (χ3v) is 6.70. The van der Waals surface area contributed by atoms with Gasteiger partial charge in [-0.05, 0) is 63.8 Å². The van der Waals surface area contributed by atoms with Crippen LogP contribution in [-0.2, 0) is 14.8 Å². The molecule has 0 aromatic heterocycles. The third kappa shape index (κ3) is 4.76. The highest BCUT2D eigenvalue weighted by Gasteiger charge is 2.33. The van der Waals surface area contributed by atoms with E-state index in [9.17, 15) is 13.2 Å². The Bertz CT molecular complexity index is 733. The highest BCUT2D eigenvalue weighted by Crippen LogP contribution is 2.27. The number of benzene rings is 1. The van der Waals surface area contributed by atoms with Crippen molar-refractivity contribution in [3.05, 3.63) is 23.8 Å². The number of hydrogen-bond donors (Lipinski definition) is 1. The van der Waals surface area contributed by atoms with Gasteiger partial charge in [-0.3, -0.25) is 4.79 Å². The van der Waals surface area contributed by atoms with Crippen LogP contribution in [0.1, 0.15) is 45.6 Å². The SMILES string of the molecule is CCOc1ccc(S(=O)(=O)N2CCC[C@H](C(=O)N[C@H](C)CC)C2)cc1C. The van der Waals surface area contributed by atoms with Crippen LogP contribution in [0.25, 0.3) is 0 Å². The Morgan fingerprint density at radius 2 is 2.12 bits per heavy atom. The first kappa shape index (κ1) is 20.7. The number of carbonyl (C=O) groups is 1. The van der Waals surface area contributed by atoms with Gasteiger partial charge < -0.3 is 10.1 Å². The number of nitrogens with one attached hydrogen (secondary N) is 1. The van der Waals surface area contributed by atoms with Crippen molar-refractivity contribution in [3.8, 4) is 5.75 Å². The highest BCUT2D eigenvalue weighted by atomic mass is 32.2. The molecule has 0 unspecified atom stereocenters. The number of sulfonamides is 1. The van der Waals surface area contributed by atoms with Gasteiger partial charge in [-0.15, -0.1) is 0 Å². The lowest BCUT2D eigenvalue weighted by Crippen LogP contribution is -2.47. The maximum Gasteiger partial charge on any atom is 0.243 e. The second-order valence-corrected chi connectivity index (χ2v) is 8.82. The third-order valence-electron chi connectivity index (χ3n) is 4.84. The molecule has 1 N–H and O–H groups in total. The average Bonchev–Trinajstić information content (AvgIpc) is 2.63. The van der Waals surface area contributed by atoms with Gasteiger partial charge in [0.1, 0.15) is 5.75 Å². The summed E-state index contributed by atoms with van der Waals surface area (Å²) in [6.07, 6.45) is 2.26. The van der Waals surface area contributed by atoms with E-state index < -0.39 is 10.0 Å². The summed E-state index contributed by atoms with van der Waals surface area (Å²) in [4.78, 5) is 12.6. The van der Waals surface area contributed by atoms with Crippen LogP contribution in [0, 0.1) is 12.8 Å². The molecule has 1 aliphatic rings. The monoisotopic (exact) mass is 382 g/mol. The van der Waals surface area contributed by atoms with Crippen LogP contribution in [-0.4, -0.2) is 44.4 Å². The van der Waals surface area contributed by atoms with Gasteiger partial charge in [-0.25, -0.2) is 8.42 Å². The Morgan fingerprint density at radius 3 is 2.73 bits per heavy atom. The Morgan fingerprint density at radius 1 is 1.38 bits per heavy atom. The number of amides is 1. The molecule has 0 radical (unpaired) electrons. The minimum atomic E-state index is -3.62. The number of carbonyl (C=O) groups excluding carboxylic acids is 1. The van der Waals surface area contributed by atoms with E-state index in [-0.39, 0.29) is 29.3 Å². The number of nitrogens with zero attached hydrogens (tertiary/aromatic N) is 1. The lowest BCUT2D eigenvalue weighted by molar-refractivity contribution is -0.126. The zero-order chi connectivity index (χ0) is 19.3. The predicted octanol–water partition coefficient (Wildman–Crippen LogP) is 2.71. The topological polar surface area (TPSA) is 75.7 Å². The Labute approximate surface area is 157 Å². The quantitative estimate of drug-likeness (QED) is 0.787. The first-order valence-electron chi connectivity index (χ1n) is 9.33. The van der Waals surface area contributed by atoms with Crippen molar-refractivity contribution in [3.63, 3.8) is 0 Å². The second-order valence-electron chi connectivity index (χ2n) is 6.88. The van der Waals surface area contributed by atoms with Crippen LogP contribution < -0.4 is 10.1 Å². The number of ether oxygens (including phenoxy) is 1. The van der Waals surface area contributed by atoms with E-state index in [1.165, 1.54) is 4.31 Å². The molecule has 1 aliphatic heterocycles. The molecule has 0 saturated carbocycles. The van der Waals surface area contributed by atoms with Gasteiger partial charge in [0, 0.05) is 19.1 Å². The van der Waals surface area contributed by atoms with Crippen LogP contribution in [0.15, 0.2) is 23.1 Å². The zero-order valence-electron chi connectivity index (χ0n) is 16.1. The molecule has 0 aliphatic carbocycles. The normalized spacial score (nSPS) is 19.8. The van der Waals surface area contributed by atoms with Crippen molar-refractivity contribution in [1.82, 2.24) is 9.62 Å². The van der Waals surface area contributed by atoms with E-state index in [0.29, 0.717) is 25.3 Å². The van der Waals surface area contributed by atoms with Gasteiger partial charge in [0.2, 0.25) is 15.9 Å². The Kier molecular flexibility index (Phi) is 7.06. The van der Waals surface area contributed by atoms with E-state index in [0.717, 1.165) is 18.4 Å². The van der Waals surface area contributed by atoms with Crippen LogP contribution in [0.2, 0.25) is 0 Å². The molecule has 146 valence electrons. The summed E-state index contributed by atoms with van der Waals surface area (Å²) in [5, 5.41) is 2.96. The molecule has 0 spiro atoms. The summed E-state index contributed by atoms with van der Waals surface area (Å²) < 4.78 is 32.9. The fourth-order valence-corrected chi connectivity index (χ4v) is 4.70. The van der Waals surface area contributed by atoms with Gasteiger partial charge in [0.25, 0.3) is 0 Å². The molecule has 1 aromatic rings. The predicted molar refractivity (Wildman–Crippen MR) is 102 cm³/mol. The lowest BCUT2D eigenvalue weighted by atomic mass is 9.98.